The van der Waals surface area contributed by atoms with Crippen molar-refractivity contribution in [2.75, 3.05) is 26.3 Å². The van der Waals surface area contributed by atoms with Crippen molar-refractivity contribution < 1.29 is 14.6 Å². The van der Waals surface area contributed by atoms with Crippen LogP contribution in [0.25, 0.3) is 0 Å². The van der Waals surface area contributed by atoms with E-state index in [-0.39, 0.29) is 24.5 Å². The zero-order valence-corrected chi connectivity index (χ0v) is 14.4. The van der Waals surface area contributed by atoms with Crippen molar-refractivity contribution >= 4 is 5.91 Å². The summed E-state index contributed by atoms with van der Waals surface area (Å²) in [4.78, 5) is 18.8. The van der Waals surface area contributed by atoms with Crippen LogP contribution in [0.15, 0.2) is 12.4 Å². The molecule has 0 spiro atoms. The molecule has 1 aromatic rings. The fraction of sp³-hybridized carbons (Fsp3) is 0.765. The number of aliphatic hydroxyl groups is 1. The molecule has 2 aliphatic rings. The quantitative estimate of drug-likeness (QED) is 0.774. The summed E-state index contributed by atoms with van der Waals surface area (Å²) in [5.41, 5.74) is 0. The Balaban J connectivity index is 1.60. The Bertz CT molecular complexity index is 542. The number of hydrogen-bond acceptors (Lipinski definition) is 5. The number of carbonyl (C=O) groups excluding carboxylic acids is 1. The molecule has 1 aliphatic carbocycles. The highest BCUT2D eigenvalue weighted by molar-refractivity contribution is 5.76. The van der Waals surface area contributed by atoms with Crippen LogP contribution in [0, 0.1) is 6.92 Å². The van der Waals surface area contributed by atoms with Gasteiger partial charge in [0.25, 0.3) is 0 Å². The van der Waals surface area contributed by atoms with Gasteiger partial charge in [-0.3, -0.25) is 9.69 Å². The van der Waals surface area contributed by atoms with Gasteiger partial charge in [-0.1, -0.05) is 12.8 Å². The topological polar surface area (TPSA) is 79.6 Å². The van der Waals surface area contributed by atoms with Crippen molar-refractivity contribution in [3.05, 3.63) is 18.2 Å². The van der Waals surface area contributed by atoms with Crippen LogP contribution in [0.2, 0.25) is 0 Å². The highest BCUT2D eigenvalue weighted by atomic mass is 16.5. The molecule has 1 aliphatic heterocycles. The lowest BCUT2D eigenvalue weighted by atomic mass is 9.99. The van der Waals surface area contributed by atoms with Crippen LogP contribution in [-0.2, 0) is 16.1 Å². The van der Waals surface area contributed by atoms with Gasteiger partial charge in [-0.2, -0.15) is 0 Å². The van der Waals surface area contributed by atoms with Crippen LogP contribution in [0.5, 0.6) is 0 Å². The molecule has 2 heterocycles. The number of morpholine rings is 1. The van der Waals surface area contributed by atoms with Gasteiger partial charge in [0.1, 0.15) is 12.4 Å². The first-order chi connectivity index (χ1) is 11.6. The summed E-state index contributed by atoms with van der Waals surface area (Å²) in [5.74, 6) is 0.750. The van der Waals surface area contributed by atoms with E-state index in [2.05, 4.69) is 15.2 Å². The van der Waals surface area contributed by atoms with E-state index in [9.17, 15) is 9.90 Å². The molecule has 3 atom stereocenters. The van der Waals surface area contributed by atoms with E-state index in [1.54, 1.807) is 12.4 Å². The van der Waals surface area contributed by atoms with Crippen molar-refractivity contribution in [3.63, 3.8) is 0 Å². The largest absolute Gasteiger partial charge is 0.389 e. The van der Waals surface area contributed by atoms with Crippen molar-refractivity contribution in [1.29, 1.82) is 0 Å². The van der Waals surface area contributed by atoms with Crippen LogP contribution in [0.1, 0.15) is 31.5 Å². The molecular formula is C17H28N4O3. The Morgan fingerprint density at radius 1 is 1.38 bits per heavy atom. The van der Waals surface area contributed by atoms with Crippen molar-refractivity contribution in [3.8, 4) is 0 Å². The van der Waals surface area contributed by atoms with Crippen molar-refractivity contribution in [2.24, 2.45) is 0 Å². The summed E-state index contributed by atoms with van der Waals surface area (Å²) >= 11 is 0. The maximum atomic E-state index is 12.4. The van der Waals surface area contributed by atoms with E-state index >= 15 is 0 Å². The van der Waals surface area contributed by atoms with Crippen molar-refractivity contribution in [2.45, 2.75) is 57.3 Å². The van der Waals surface area contributed by atoms with Crippen LogP contribution < -0.4 is 5.32 Å². The fourth-order valence-corrected chi connectivity index (χ4v) is 3.77. The highest BCUT2D eigenvalue weighted by Crippen LogP contribution is 2.24. The zero-order chi connectivity index (χ0) is 16.9. The van der Waals surface area contributed by atoms with Gasteiger partial charge in [0, 0.05) is 31.5 Å². The SMILES string of the molecule is Cc1nccn1CC(=O)N[C@@H]1CCCC[C@@H](N2CCOCC2)[C@@H]1O. The van der Waals surface area contributed by atoms with Crippen LogP contribution in [-0.4, -0.2) is 70.0 Å². The van der Waals surface area contributed by atoms with Crippen LogP contribution in [0.4, 0.5) is 0 Å². The maximum Gasteiger partial charge on any atom is 0.240 e. The minimum Gasteiger partial charge on any atom is -0.389 e. The van der Waals surface area contributed by atoms with E-state index in [1.165, 1.54) is 0 Å². The summed E-state index contributed by atoms with van der Waals surface area (Å²) in [6.07, 6.45) is 6.90. The smallest absolute Gasteiger partial charge is 0.240 e. The number of carbonyl (C=O) groups is 1. The third-order valence-corrected chi connectivity index (χ3v) is 5.17. The molecule has 1 aromatic heterocycles. The number of aromatic nitrogens is 2. The Kier molecular flexibility index (Phi) is 5.86. The van der Waals surface area contributed by atoms with Gasteiger partial charge in [-0.15, -0.1) is 0 Å². The first-order valence-corrected chi connectivity index (χ1v) is 8.92. The molecule has 0 unspecified atom stereocenters. The number of imidazole rings is 1. The molecule has 2 N–H and O–H groups in total. The fourth-order valence-electron chi connectivity index (χ4n) is 3.77. The minimum absolute atomic E-state index is 0.0669. The molecule has 7 heteroatoms. The number of aliphatic hydroxyl groups excluding tert-OH is 1. The van der Waals surface area contributed by atoms with Crippen LogP contribution >= 0.6 is 0 Å². The van der Waals surface area contributed by atoms with Gasteiger partial charge < -0.3 is 19.7 Å². The molecule has 134 valence electrons. The van der Waals surface area contributed by atoms with E-state index in [4.69, 9.17) is 4.74 Å². The average Bonchev–Trinajstić information content (AvgIpc) is 2.89. The average molecular weight is 336 g/mol. The molecule has 2 fully saturated rings. The lowest BCUT2D eigenvalue weighted by Crippen LogP contribution is -2.55. The number of rotatable bonds is 4. The number of nitrogens with zero attached hydrogens (tertiary/aromatic N) is 3. The standard InChI is InChI=1S/C17H28N4O3/c1-13-18-6-7-21(13)12-16(22)19-14-4-2-3-5-15(17(14)23)20-8-10-24-11-9-20/h6-7,14-15,17,23H,2-5,8-12H2,1H3,(H,19,22)/t14-,15-,17-/m1/s1. The maximum absolute atomic E-state index is 12.4. The zero-order valence-electron chi connectivity index (χ0n) is 14.4. The lowest BCUT2D eigenvalue weighted by molar-refractivity contribution is -0.124. The Morgan fingerprint density at radius 3 is 2.83 bits per heavy atom. The number of amides is 1. The number of nitrogens with one attached hydrogen (secondary N) is 1. The van der Waals surface area contributed by atoms with Gasteiger partial charge >= 0.3 is 0 Å². The van der Waals surface area contributed by atoms with E-state index < -0.39 is 6.10 Å². The normalized spacial score (nSPS) is 29.2. The van der Waals surface area contributed by atoms with Crippen LogP contribution in [0.3, 0.4) is 0 Å². The number of aryl methyl sites for hydroxylation is 1. The molecule has 1 saturated carbocycles. The molecule has 1 saturated heterocycles. The van der Waals surface area contributed by atoms with Gasteiger partial charge in [0.2, 0.25) is 5.91 Å². The summed E-state index contributed by atoms with van der Waals surface area (Å²) in [5, 5.41) is 13.9. The van der Waals surface area contributed by atoms with E-state index in [1.807, 2.05) is 11.5 Å². The number of ether oxygens (including phenoxy) is 1. The second-order valence-corrected chi connectivity index (χ2v) is 6.77. The number of hydrogen-bond donors (Lipinski definition) is 2. The lowest BCUT2D eigenvalue weighted by Gasteiger charge is -2.38. The Labute approximate surface area is 143 Å². The van der Waals surface area contributed by atoms with Crippen molar-refractivity contribution in [1.82, 2.24) is 19.8 Å². The third-order valence-electron chi connectivity index (χ3n) is 5.17. The van der Waals surface area contributed by atoms with E-state index in [0.717, 1.165) is 57.8 Å². The first-order valence-electron chi connectivity index (χ1n) is 8.92. The summed E-state index contributed by atoms with van der Waals surface area (Å²) in [7, 11) is 0. The monoisotopic (exact) mass is 336 g/mol. The summed E-state index contributed by atoms with van der Waals surface area (Å²) in [6.45, 7) is 5.28. The molecular weight excluding hydrogens is 308 g/mol. The van der Waals surface area contributed by atoms with Gasteiger partial charge in [0.15, 0.2) is 0 Å². The first kappa shape index (κ1) is 17.4. The summed E-state index contributed by atoms with van der Waals surface area (Å²) in [6, 6.07) is -0.0756. The molecule has 1 amide bonds. The molecule has 7 nitrogen and oxygen atoms in total. The predicted octanol–water partition coefficient (Wildman–Crippen LogP) is 0.312. The highest BCUT2D eigenvalue weighted by Gasteiger charge is 2.35. The Hall–Kier alpha value is -1.44. The molecule has 0 radical (unpaired) electrons. The van der Waals surface area contributed by atoms with Gasteiger partial charge in [-0.05, 0) is 19.8 Å². The molecule has 0 bridgehead atoms. The predicted molar refractivity (Wildman–Crippen MR) is 89.5 cm³/mol. The molecule has 0 aromatic carbocycles. The second kappa shape index (κ2) is 8.09. The van der Waals surface area contributed by atoms with E-state index in [0.29, 0.717) is 0 Å². The minimum atomic E-state index is -0.529. The molecule has 24 heavy (non-hydrogen) atoms. The second-order valence-electron chi connectivity index (χ2n) is 6.77. The third kappa shape index (κ3) is 4.15. The van der Waals surface area contributed by atoms with Gasteiger partial charge in [0.05, 0.1) is 25.4 Å². The summed E-state index contributed by atoms with van der Waals surface area (Å²) < 4.78 is 7.23. The molecule has 3 rings (SSSR count). The van der Waals surface area contributed by atoms with Gasteiger partial charge in [-0.25, -0.2) is 4.98 Å². The Morgan fingerprint density at radius 2 is 2.12 bits per heavy atom.